The summed E-state index contributed by atoms with van der Waals surface area (Å²) < 4.78 is 16.2. The minimum Gasteiger partial charge on any atom is -0.468 e. The van der Waals surface area contributed by atoms with Crippen molar-refractivity contribution in [3.63, 3.8) is 0 Å². The highest BCUT2D eigenvalue weighted by Gasteiger charge is 2.40. The molecule has 0 spiro atoms. The van der Waals surface area contributed by atoms with Crippen LogP contribution < -0.4 is 4.74 Å². The first-order valence-corrected chi connectivity index (χ1v) is 10.4. The van der Waals surface area contributed by atoms with Gasteiger partial charge in [-0.25, -0.2) is 9.59 Å². The Morgan fingerprint density at radius 3 is 2.20 bits per heavy atom. The van der Waals surface area contributed by atoms with Gasteiger partial charge < -0.3 is 13.6 Å². The fourth-order valence-electron chi connectivity index (χ4n) is 2.59. The van der Waals surface area contributed by atoms with Crippen molar-refractivity contribution in [3.05, 3.63) is 42.5 Å². The van der Waals surface area contributed by atoms with Crippen molar-refractivity contribution in [2.45, 2.75) is 45.3 Å². The number of benzene rings is 1. The molecule has 0 aromatic heterocycles. The molecule has 1 atom stereocenters. The van der Waals surface area contributed by atoms with Crippen LogP contribution in [-0.2, 0) is 18.4 Å². The van der Waals surface area contributed by atoms with Crippen LogP contribution in [0.25, 0.3) is 0 Å². The van der Waals surface area contributed by atoms with Crippen LogP contribution in [0, 0.1) is 5.92 Å². The van der Waals surface area contributed by atoms with E-state index < -0.39 is 27.3 Å². The van der Waals surface area contributed by atoms with Crippen molar-refractivity contribution in [3.8, 4) is 5.75 Å². The van der Waals surface area contributed by atoms with Gasteiger partial charge in [0.2, 0.25) is 0 Å². The monoisotopic (exact) mass is 380 g/mol. The second-order valence-corrected chi connectivity index (χ2v) is 11.7. The molecule has 0 bridgehead atoms. The van der Waals surface area contributed by atoms with E-state index in [0.717, 1.165) is 22.6 Å². The van der Waals surface area contributed by atoms with Crippen molar-refractivity contribution in [1.82, 2.24) is 0 Å². The fourth-order valence-corrected chi connectivity index (χ4v) is 6.31. The Hall–Kier alpha value is -1.71. The molecule has 0 heterocycles. The van der Waals surface area contributed by atoms with Crippen LogP contribution in [0.15, 0.2) is 42.5 Å². The molecule has 25 heavy (non-hydrogen) atoms. The number of ether oxygens (including phenoxy) is 2. The second kappa shape index (κ2) is 9.12. The molecule has 0 aliphatic carbocycles. The smallest absolute Gasteiger partial charge is 0.336 e. The van der Waals surface area contributed by atoms with E-state index in [1.54, 1.807) is 24.3 Å². The van der Waals surface area contributed by atoms with Gasteiger partial charge in [0.25, 0.3) is 0 Å². The largest absolute Gasteiger partial charge is 0.468 e. The van der Waals surface area contributed by atoms with Crippen molar-refractivity contribution >= 4 is 32.2 Å². The Kier molecular flexibility index (Phi) is 7.78. The lowest BCUT2D eigenvalue weighted by molar-refractivity contribution is -0.156. The second-order valence-electron chi connectivity index (χ2n) is 7.24. The van der Waals surface area contributed by atoms with E-state index in [2.05, 4.69) is 20.8 Å². The zero-order valence-electron chi connectivity index (χ0n) is 15.9. The SMILES string of the molecule is CC(C(C)(C)OC(=O)C=CC(=O)Oc1ccccc1)C(C)(C)[SiH2]O[SiH3]. The third kappa shape index (κ3) is 6.97. The van der Waals surface area contributed by atoms with E-state index in [4.69, 9.17) is 13.6 Å². The van der Waals surface area contributed by atoms with Crippen molar-refractivity contribution in [2.24, 2.45) is 5.92 Å². The molecule has 0 saturated carbocycles. The third-order valence-corrected chi connectivity index (χ3v) is 6.92. The van der Waals surface area contributed by atoms with E-state index in [1.807, 2.05) is 19.9 Å². The molecule has 0 aliphatic heterocycles. The average Bonchev–Trinajstić information content (AvgIpc) is 2.52. The van der Waals surface area contributed by atoms with Crippen LogP contribution in [0.1, 0.15) is 34.6 Å². The summed E-state index contributed by atoms with van der Waals surface area (Å²) in [7, 11) is 0.0392. The van der Waals surface area contributed by atoms with Crippen LogP contribution in [0.4, 0.5) is 0 Å². The Balaban J connectivity index is 2.63. The van der Waals surface area contributed by atoms with Gasteiger partial charge in [0.15, 0.2) is 9.76 Å². The maximum atomic E-state index is 12.1. The molecule has 0 N–H and O–H groups in total. The Bertz CT molecular complexity index is 611. The maximum absolute atomic E-state index is 12.1. The summed E-state index contributed by atoms with van der Waals surface area (Å²) in [4.78, 5) is 23.8. The average molecular weight is 381 g/mol. The van der Waals surface area contributed by atoms with E-state index in [0.29, 0.717) is 5.75 Å². The fraction of sp³-hybridized carbons (Fsp3) is 0.444. The van der Waals surface area contributed by atoms with Gasteiger partial charge in [0.1, 0.15) is 21.8 Å². The summed E-state index contributed by atoms with van der Waals surface area (Å²) in [5.41, 5.74) is -0.665. The minimum absolute atomic E-state index is 0.00147. The number of rotatable bonds is 8. The normalized spacial score (nSPS) is 14.1. The quantitative estimate of drug-likeness (QED) is 0.297. The zero-order valence-corrected chi connectivity index (χ0v) is 19.3. The lowest BCUT2D eigenvalue weighted by atomic mass is 9.82. The van der Waals surface area contributed by atoms with Gasteiger partial charge in [-0.15, -0.1) is 0 Å². The summed E-state index contributed by atoms with van der Waals surface area (Å²) in [6.45, 7) is 10.1. The lowest BCUT2D eigenvalue weighted by Crippen LogP contribution is -2.42. The predicted octanol–water partition coefficient (Wildman–Crippen LogP) is 1.69. The molecule has 0 aliphatic rings. The van der Waals surface area contributed by atoms with Gasteiger partial charge in [0, 0.05) is 12.2 Å². The third-order valence-electron chi connectivity index (χ3n) is 4.41. The number of esters is 2. The highest BCUT2D eigenvalue weighted by Crippen LogP contribution is 2.41. The highest BCUT2D eigenvalue weighted by atomic mass is 28.3. The van der Waals surface area contributed by atoms with E-state index >= 15 is 0 Å². The molecule has 1 rings (SSSR count). The Morgan fingerprint density at radius 2 is 1.64 bits per heavy atom. The van der Waals surface area contributed by atoms with Crippen LogP contribution in [0.3, 0.4) is 0 Å². The molecule has 7 heteroatoms. The van der Waals surface area contributed by atoms with Gasteiger partial charge in [-0.05, 0) is 36.9 Å². The molecular formula is C18H28O5Si2. The van der Waals surface area contributed by atoms with Gasteiger partial charge in [-0.3, -0.25) is 0 Å². The Labute approximate surface area is 155 Å². The predicted molar refractivity (Wildman–Crippen MR) is 104 cm³/mol. The molecule has 1 unspecified atom stereocenters. The Morgan fingerprint density at radius 1 is 1.08 bits per heavy atom. The molecule has 1 aromatic carbocycles. The molecule has 0 saturated heterocycles. The van der Waals surface area contributed by atoms with Crippen LogP contribution in [0.2, 0.25) is 5.04 Å². The summed E-state index contributed by atoms with van der Waals surface area (Å²) >= 11 is 0. The number of carbonyl (C=O) groups is 2. The molecule has 0 amide bonds. The van der Waals surface area contributed by atoms with Gasteiger partial charge in [0.05, 0.1) is 0 Å². The lowest BCUT2D eigenvalue weighted by Gasteiger charge is -2.41. The van der Waals surface area contributed by atoms with Gasteiger partial charge >= 0.3 is 11.9 Å². The maximum Gasteiger partial charge on any atom is 0.336 e. The molecule has 138 valence electrons. The minimum atomic E-state index is -0.691. The van der Waals surface area contributed by atoms with E-state index in [9.17, 15) is 9.59 Å². The summed E-state index contributed by atoms with van der Waals surface area (Å²) in [5.74, 6) is -0.638. The van der Waals surface area contributed by atoms with Gasteiger partial charge in [-0.1, -0.05) is 39.0 Å². The van der Waals surface area contributed by atoms with Gasteiger partial charge in [-0.2, -0.15) is 0 Å². The molecule has 0 radical (unpaired) electrons. The summed E-state index contributed by atoms with van der Waals surface area (Å²) in [5, 5.41) is 0.00147. The van der Waals surface area contributed by atoms with Crippen molar-refractivity contribution in [2.75, 3.05) is 0 Å². The first kappa shape index (κ1) is 21.3. The first-order valence-electron chi connectivity index (χ1n) is 8.25. The van der Waals surface area contributed by atoms with Crippen molar-refractivity contribution < 1.29 is 23.2 Å². The highest BCUT2D eigenvalue weighted by molar-refractivity contribution is 6.38. The number of hydrogen-bond donors (Lipinski definition) is 0. The zero-order chi connectivity index (χ0) is 19.1. The van der Waals surface area contributed by atoms with Crippen LogP contribution >= 0.6 is 0 Å². The number of para-hydroxylation sites is 1. The van der Waals surface area contributed by atoms with Crippen LogP contribution in [0.5, 0.6) is 5.75 Å². The number of hydrogen-bond acceptors (Lipinski definition) is 5. The summed E-state index contributed by atoms with van der Waals surface area (Å²) in [6.07, 6.45) is 2.18. The topological polar surface area (TPSA) is 61.8 Å². The summed E-state index contributed by atoms with van der Waals surface area (Å²) in [6, 6.07) is 8.68. The molecular weight excluding hydrogens is 352 g/mol. The first-order chi connectivity index (χ1) is 11.6. The molecule has 1 aromatic rings. The van der Waals surface area contributed by atoms with Crippen molar-refractivity contribution in [1.29, 1.82) is 0 Å². The standard InChI is InChI=1S/C18H28O5Si2/c1-13(18(4,5)25-23-24)17(2,3)22-16(20)12-11-15(19)21-14-9-7-6-8-10-14/h6-13H,25H2,1-5,24H3. The van der Waals surface area contributed by atoms with E-state index in [-0.39, 0.29) is 11.0 Å². The number of carbonyl (C=O) groups excluding carboxylic acids is 2. The van der Waals surface area contributed by atoms with Crippen LogP contribution in [-0.4, -0.2) is 37.8 Å². The molecule has 0 fully saturated rings. The van der Waals surface area contributed by atoms with E-state index in [1.165, 1.54) is 0 Å². The molecule has 5 nitrogen and oxygen atoms in total.